The number of piperidine rings is 1. The van der Waals surface area contributed by atoms with Crippen LogP contribution in [0.4, 0.5) is 4.39 Å². The van der Waals surface area contributed by atoms with E-state index in [9.17, 15) is 4.39 Å². The summed E-state index contributed by atoms with van der Waals surface area (Å²) in [6, 6.07) is 7.55. The number of nitrogens with zero attached hydrogens (tertiary/aromatic N) is 4. The molecular formula is C21H28FN5. The van der Waals surface area contributed by atoms with E-state index in [4.69, 9.17) is 0 Å². The van der Waals surface area contributed by atoms with E-state index in [-0.39, 0.29) is 11.2 Å². The monoisotopic (exact) mass is 369 g/mol. The fourth-order valence-electron chi connectivity index (χ4n) is 4.26. The van der Waals surface area contributed by atoms with Gasteiger partial charge in [-0.3, -0.25) is 4.99 Å². The van der Waals surface area contributed by atoms with Crippen LogP contribution in [-0.2, 0) is 5.41 Å². The van der Waals surface area contributed by atoms with Crippen molar-refractivity contribution in [2.75, 3.05) is 26.7 Å². The number of aliphatic imine (C=N–C) groups is 1. The average Bonchev–Trinajstić information content (AvgIpc) is 3.26. The highest BCUT2D eigenvalue weighted by atomic mass is 19.1. The van der Waals surface area contributed by atoms with Crippen LogP contribution in [0.3, 0.4) is 0 Å². The normalized spacial score (nSPS) is 24.7. The molecule has 1 aromatic heterocycles. The summed E-state index contributed by atoms with van der Waals surface area (Å²) in [5.41, 5.74) is 0.741. The molecule has 0 bridgehead atoms. The van der Waals surface area contributed by atoms with Gasteiger partial charge in [0.15, 0.2) is 5.96 Å². The molecule has 1 aromatic carbocycles. The van der Waals surface area contributed by atoms with Gasteiger partial charge in [-0.2, -0.15) is 0 Å². The van der Waals surface area contributed by atoms with E-state index in [2.05, 4.69) is 31.7 Å². The molecule has 1 N–H and O–H groups in total. The number of nitrogens with one attached hydrogen (secondary N) is 1. The minimum Gasteiger partial charge on any atom is -0.355 e. The number of aromatic nitrogens is 2. The van der Waals surface area contributed by atoms with Crippen LogP contribution >= 0.6 is 0 Å². The fraction of sp³-hybridized carbons (Fsp3) is 0.524. The van der Waals surface area contributed by atoms with E-state index in [1.807, 2.05) is 37.9 Å². The second-order valence-corrected chi connectivity index (χ2v) is 7.95. The maximum absolute atomic E-state index is 14.3. The van der Waals surface area contributed by atoms with Crippen molar-refractivity contribution in [1.82, 2.24) is 19.8 Å². The van der Waals surface area contributed by atoms with Crippen molar-refractivity contribution in [2.45, 2.75) is 37.6 Å². The standard InChI is InChI=1S/C21H28FN5/c1-16-7-11-26(13-19(16)27-12-10-24-15-27)20(23-2)25-14-21(8-9-21)17-5-3-4-6-18(17)22/h3-6,10,12,15-16,19H,7-9,11,13-14H2,1-2H3,(H,23,25). The Balaban J connectivity index is 1.43. The Kier molecular flexibility index (Phi) is 4.89. The quantitative estimate of drug-likeness (QED) is 0.665. The smallest absolute Gasteiger partial charge is 0.193 e. The molecule has 1 saturated carbocycles. The molecule has 2 unspecified atom stereocenters. The highest BCUT2D eigenvalue weighted by Crippen LogP contribution is 2.48. The number of hydrogen-bond acceptors (Lipinski definition) is 2. The summed E-state index contributed by atoms with van der Waals surface area (Å²) < 4.78 is 16.5. The van der Waals surface area contributed by atoms with Crippen LogP contribution in [0.15, 0.2) is 48.0 Å². The molecule has 6 heteroatoms. The Hall–Kier alpha value is -2.37. The zero-order valence-corrected chi connectivity index (χ0v) is 16.1. The minimum atomic E-state index is -0.0984. The highest BCUT2D eigenvalue weighted by molar-refractivity contribution is 5.80. The molecule has 27 heavy (non-hydrogen) atoms. The lowest BCUT2D eigenvalue weighted by Crippen LogP contribution is -2.50. The molecule has 144 valence electrons. The Bertz CT molecular complexity index is 797. The summed E-state index contributed by atoms with van der Waals surface area (Å²) in [6.45, 7) is 4.92. The van der Waals surface area contributed by atoms with Crippen molar-refractivity contribution in [3.8, 4) is 0 Å². The third kappa shape index (κ3) is 3.57. The van der Waals surface area contributed by atoms with Gasteiger partial charge in [0.25, 0.3) is 0 Å². The van der Waals surface area contributed by atoms with E-state index in [0.717, 1.165) is 50.4 Å². The highest BCUT2D eigenvalue weighted by Gasteiger charge is 2.46. The van der Waals surface area contributed by atoms with E-state index >= 15 is 0 Å². The molecule has 2 aliphatic rings. The zero-order valence-electron chi connectivity index (χ0n) is 16.1. The van der Waals surface area contributed by atoms with Crippen molar-refractivity contribution in [3.63, 3.8) is 0 Å². The van der Waals surface area contributed by atoms with Gasteiger partial charge in [-0.05, 0) is 36.8 Å². The molecule has 2 aromatic rings. The van der Waals surface area contributed by atoms with Gasteiger partial charge < -0.3 is 14.8 Å². The van der Waals surface area contributed by atoms with Crippen LogP contribution in [0.2, 0.25) is 0 Å². The van der Waals surface area contributed by atoms with Gasteiger partial charge in [0.1, 0.15) is 5.82 Å². The fourth-order valence-corrected chi connectivity index (χ4v) is 4.26. The Morgan fingerprint density at radius 3 is 2.85 bits per heavy atom. The van der Waals surface area contributed by atoms with E-state index in [0.29, 0.717) is 12.0 Å². The van der Waals surface area contributed by atoms with Crippen molar-refractivity contribution in [3.05, 3.63) is 54.4 Å². The lowest BCUT2D eigenvalue weighted by molar-refractivity contribution is 0.188. The molecule has 0 radical (unpaired) electrons. The number of halogens is 1. The van der Waals surface area contributed by atoms with E-state index in [1.165, 1.54) is 0 Å². The largest absolute Gasteiger partial charge is 0.355 e. The van der Waals surface area contributed by atoms with Gasteiger partial charge in [-0.15, -0.1) is 0 Å². The molecule has 4 rings (SSSR count). The first-order valence-corrected chi connectivity index (χ1v) is 9.81. The number of benzene rings is 1. The summed E-state index contributed by atoms with van der Waals surface area (Å²) in [5.74, 6) is 1.41. The number of hydrogen-bond donors (Lipinski definition) is 1. The molecule has 0 amide bonds. The van der Waals surface area contributed by atoms with Crippen LogP contribution in [0.1, 0.15) is 37.8 Å². The second kappa shape index (κ2) is 7.33. The summed E-state index contributed by atoms with van der Waals surface area (Å²) >= 11 is 0. The number of guanidine groups is 1. The first-order chi connectivity index (χ1) is 13.1. The molecule has 2 heterocycles. The summed E-state index contributed by atoms with van der Waals surface area (Å²) in [7, 11) is 1.83. The van der Waals surface area contributed by atoms with Crippen LogP contribution in [0, 0.1) is 11.7 Å². The predicted molar refractivity (Wildman–Crippen MR) is 105 cm³/mol. The Morgan fingerprint density at radius 2 is 2.19 bits per heavy atom. The van der Waals surface area contributed by atoms with Crippen molar-refractivity contribution in [1.29, 1.82) is 0 Å². The molecule has 2 fully saturated rings. The molecule has 0 spiro atoms. The van der Waals surface area contributed by atoms with Gasteiger partial charge in [0.05, 0.1) is 12.4 Å². The number of likely N-dealkylation sites (tertiary alicyclic amines) is 1. The Morgan fingerprint density at radius 1 is 1.37 bits per heavy atom. The van der Waals surface area contributed by atoms with Crippen LogP contribution in [0.25, 0.3) is 0 Å². The topological polar surface area (TPSA) is 45.5 Å². The maximum atomic E-state index is 14.3. The second-order valence-electron chi connectivity index (χ2n) is 7.95. The van der Waals surface area contributed by atoms with Gasteiger partial charge in [-0.1, -0.05) is 25.1 Å². The third-order valence-corrected chi connectivity index (χ3v) is 6.22. The average molecular weight is 369 g/mol. The predicted octanol–water partition coefficient (Wildman–Crippen LogP) is 3.21. The molecule has 1 aliphatic carbocycles. The molecule has 2 atom stereocenters. The SMILES string of the molecule is CN=C(NCC1(c2ccccc2F)CC1)N1CCC(C)C(n2ccnc2)C1. The Labute approximate surface area is 160 Å². The van der Waals surface area contributed by atoms with Gasteiger partial charge in [0, 0.05) is 44.5 Å². The zero-order chi connectivity index (χ0) is 18.9. The first-order valence-electron chi connectivity index (χ1n) is 9.81. The molecular weight excluding hydrogens is 341 g/mol. The van der Waals surface area contributed by atoms with Gasteiger partial charge >= 0.3 is 0 Å². The van der Waals surface area contributed by atoms with E-state index in [1.54, 1.807) is 12.1 Å². The van der Waals surface area contributed by atoms with Crippen molar-refractivity contribution >= 4 is 5.96 Å². The summed E-state index contributed by atoms with van der Waals surface area (Å²) in [4.78, 5) is 11.0. The van der Waals surface area contributed by atoms with E-state index < -0.39 is 0 Å². The lowest BCUT2D eigenvalue weighted by Gasteiger charge is -2.39. The molecule has 1 aliphatic heterocycles. The minimum absolute atomic E-state index is 0.0892. The number of imidazole rings is 1. The van der Waals surface area contributed by atoms with Crippen LogP contribution < -0.4 is 5.32 Å². The number of rotatable bonds is 4. The molecule has 5 nitrogen and oxygen atoms in total. The molecule has 1 saturated heterocycles. The van der Waals surface area contributed by atoms with Crippen molar-refractivity contribution in [2.24, 2.45) is 10.9 Å². The van der Waals surface area contributed by atoms with Crippen LogP contribution in [0.5, 0.6) is 0 Å². The first kappa shape index (κ1) is 18.0. The summed E-state index contributed by atoms with van der Waals surface area (Å²) in [6.07, 6.45) is 8.93. The van der Waals surface area contributed by atoms with Crippen LogP contribution in [-0.4, -0.2) is 47.1 Å². The summed E-state index contributed by atoms with van der Waals surface area (Å²) in [5, 5.41) is 3.53. The van der Waals surface area contributed by atoms with Crippen molar-refractivity contribution < 1.29 is 4.39 Å². The van der Waals surface area contributed by atoms with Gasteiger partial charge in [-0.25, -0.2) is 9.37 Å². The lowest BCUT2D eigenvalue weighted by atomic mass is 9.93. The third-order valence-electron chi connectivity index (χ3n) is 6.22. The maximum Gasteiger partial charge on any atom is 0.193 e. The van der Waals surface area contributed by atoms with Gasteiger partial charge in [0.2, 0.25) is 0 Å².